The highest BCUT2D eigenvalue weighted by atomic mass is 32.1. The molecule has 0 saturated carbocycles. The molecule has 2 unspecified atom stereocenters. The Morgan fingerprint density at radius 1 is 1.35 bits per heavy atom. The van der Waals surface area contributed by atoms with Crippen LogP contribution in [0.25, 0.3) is 0 Å². The Morgan fingerprint density at radius 3 is 2.47 bits per heavy atom. The number of thiazole rings is 1. The molecular weight excluding hydrogens is 228 g/mol. The van der Waals surface area contributed by atoms with E-state index < -0.39 is 0 Å². The largest absolute Gasteiger partial charge is 0.303 e. The van der Waals surface area contributed by atoms with Crippen LogP contribution in [0.5, 0.6) is 0 Å². The summed E-state index contributed by atoms with van der Waals surface area (Å²) < 4.78 is 0. The zero-order chi connectivity index (χ0) is 12.9. The number of nitrogens with zero attached hydrogens (tertiary/aromatic N) is 1. The molecule has 0 aliphatic heterocycles. The molecule has 0 aliphatic rings. The van der Waals surface area contributed by atoms with E-state index in [-0.39, 0.29) is 5.54 Å². The van der Waals surface area contributed by atoms with Gasteiger partial charge in [0.05, 0.1) is 5.54 Å². The zero-order valence-electron chi connectivity index (χ0n) is 11.8. The Hall–Kier alpha value is -0.410. The van der Waals surface area contributed by atoms with E-state index in [1.165, 1.54) is 17.8 Å². The molecular formula is C14H26N2S. The first-order valence-electron chi connectivity index (χ1n) is 6.71. The highest BCUT2D eigenvalue weighted by Crippen LogP contribution is 2.34. The van der Waals surface area contributed by atoms with Crippen LogP contribution in [0.2, 0.25) is 0 Å². The average molecular weight is 254 g/mol. The SMILES string of the molecule is CCC(C)CC(CC)(NC(C)C)c1nccs1. The lowest BCUT2D eigenvalue weighted by Crippen LogP contribution is -2.46. The van der Waals surface area contributed by atoms with Crippen molar-refractivity contribution in [3.63, 3.8) is 0 Å². The summed E-state index contributed by atoms with van der Waals surface area (Å²) in [6, 6.07) is 0.489. The molecule has 1 N–H and O–H groups in total. The summed E-state index contributed by atoms with van der Waals surface area (Å²) in [4.78, 5) is 4.56. The van der Waals surface area contributed by atoms with Gasteiger partial charge < -0.3 is 5.32 Å². The molecule has 1 rings (SSSR count). The Morgan fingerprint density at radius 2 is 2.06 bits per heavy atom. The predicted octanol–water partition coefficient (Wildman–Crippen LogP) is 4.18. The van der Waals surface area contributed by atoms with Crippen molar-refractivity contribution < 1.29 is 0 Å². The smallest absolute Gasteiger partial charge is 0.113 e. The lowest BCUT2D eigenvalue weighted by molar-refractivity contribution is 0.231. The molecule has 17 heavy (non-hydrogen) atoms. The molecule has 0 bridgehead atoms. The normalized spacial score (nSPS) is 17.1. The van der Waals surface area contributed by atoms with Crippen molar-refractivity contribution in [3.8, 4) is 0 Å². The van der Waals surface area contributed by atoms with Gasteiger partial charge in [0.2, 0.25) is 0 Å². The number of hydrogen-bond acceptors (Lipinski definition) is 3. The van der Waals surface area contributed by atoms with Crippen LogP contribution < -0.4 is 5.32 Å². The van der Waals surface area contributed by atoms with E-state index in [0.717, 1.165) is 12.3 Å². The van der Waals surface area contributed by atoms with Crippen LogP contribution in [0.3, 0.4) is 0 Å². The fourth-order valence-electron chi connectivity index (χ4n) is 2.36. The van der Waals surface area contributed by atoms with Crippen LogP contribution in [0, 0.1) is 5.92 Å². The van der Waals surface area contributed by atoms with Crippen molar-refractivity contribution in [1.82, 2.24) is 10.3 Å². The molecule has 0 saturated heterocycles. The minimum atomic E-state index is 0.0672. The maximum Gasteiger partial charge on any atom is 0.113 e. The van der Waals surface area contributed by atoms with Gasteiger partial charge in [0.1, 0.15) is 5.01 Å². The maximum atomic E-state index is 4.56. The molecule has 0 aromatic carbocycles. The van der Waals surface area contributed by atoms with Crippen molar-refractivity contribution in [2.75, 3.05) is 0 Å². The first-order chi connectivity index (χ1) is 8.04. The summed E-state index contributed by atoms with van der Waals surface area (Å²) >= 11 is 1.78. The minimum Gasteiger partial charge on any atom is -0.303 e. The molecule has 2 nitrogen and oxygen atoms in total. The molecule has 2 atom stereocenters. The van der Waals surface area contributed by atoms with Gasteiger partial charge in [-0.3, -0.25) is 0 Å². The third-order valence-corrected chi connectivity index (χ3v) is 4.38. The molecule has 0 fully saturated rings. The zero-order valence-corrected chi connectivity index (χ0v) is 12.6. The van der Waals surface area contributed by atoms with Crippen LogP contribution in [-0.2, 0) is 5.54 Å². The minimum absolute atomic E-state index is 0.0672. The number of nitrogens with one attached hydrogen (secondary N) is 1. The standard InChI is InChI=1S/C14H26N2S/c1-6-12(5)10-14(7-2,16-11(3)4)13-15-8-9-17-13/h8-9,11-12,16H,6-7,10H2,1-5H3. The number of aromatic nitrogens is 1. The first kappa shape index (κ1) is 14.7. The van der Waals surface area contributed by atoms with Crippen molar-refractivity contribution in [2.24, 2.45) is 5.92 Å². The lowest BCUT2D eigenvalue weighted by Gasteiger charge is -2.36. The molecule has 1 heterocycles. The fourth-order valence-corrected chi connectivity index (χ4v) is 3.24. The molecule has 1 aromatic heterocycles. The first-order valence-corrected chi connectivity index (χ1v) is 7.59. The van der Waals surface area contributed by atoms with E-state index in [1.54, 1.807) is 11.3 Å². The molecule has 3 heteroatoms. The predicted molar refractivity (Wildman–Crippen MR) is 76.4 cm³/mol. The van der Waals surface area contributed by atoms with E-state index in [1.807, 2.05) is 6.20 Å². The molecule has 0 spiro atoms. The van der Waals surface area contributed by atoms with E-state index >= 15 is 0 Å². The Bertz CT molecular complexity index is 308. The van der Waals surface area contributed by atoms with Gasteiger partial charge in [-0.2, -0.15) is 0 Å². The highest BCUT2D eigenvalue weighted by Gasteiger charge is 2.34. The van der Waals surface area contributed by atoms with E-state index in [0.29, 0.717) is 6.04 Å². The third-order valence-electron chi connectivity index (χ3n) is 3.40. The Kier molecular flexibility index (Phi) is 5.60. The van der Waals surface area contributed by atoms with Gasteiger partial charge in [0, 0.05) is 17.6 Å². The Labute approximate surface area is 110 Å². The highest BCUT2D eigenvalue weighted by molar-refractivity contribution is 7.09. The van der Waals surface area contributed by atoms with Gasteiger partial charge in [-0.1, -0.05) is 27.2 Å². The summed E-state index contributed by atoms with van der Waals surface area (Å²) in [6.07, 6.45) is 5.42. The van der Waals surface area contributed by atoms with Crippen LogP contribution >= 0.6 is 11.3 Å². The van der Waals surface area contributed by atoms with Crippen molar-refractivity contribution in [2.45, 2.75) is 65.5 Å². The van der Waals surface area contributed by atoms with Gasteiger partial charge in [-0.05, 0) is 32.6 Å². The van der Waals surface area contributed by atoms with Gasteiger partial charge >= 0.3 is 0 Å². The maximum absolute atomic E-state index is 4.56. The second-order valence-electron chi connectivity index (χ2n) is 5.29. The van der Waals surface area contributed by atoms with Gasteiger partial charge in [-0.15, -0.1) is 11.3 Å². The average Bonchev–Trinajstić information content (AvgIpc) is 2.81. The monoisotopic (exact) mass is 254 g/mol. The molecule has 0 radical (unpaired) electrons. The van der Waals surface area contributed by atoms with Crippen LogP contribution in [0.15, 0.2) is 11.6 Å². The van der Waals surface area contributed by atoms with Crippen LogP contribution in [-0.4, -0.2) is 11.0 Å². The summed E-state index contributed by atoms with van der Waals surface area (Å²) in [7, 11) is 0. The van der Waals surface area contributed by atoms with E-state index in [9.17, 15) is 0 Å². The second kappa shape index (κ2) is 6.50. The topological polar surface area (TPSA) is 24.9 Å². The lowest BCUT2D eigenvalue weighted by atomic mass is 9.84. The third kappa shape index (κ3) is 3.78. The van der Waals surface area contributed by atoms with Crippen molar-refractivity contribution in [1.29, 1.82) is 0 Å². The molecule has 0 amide bonds. The summed E-state index contributed by atoms with van der Waals surface area (Å²) in [5, 5.41) is 7.08. The number of rotatable bonds is 7. The van der Waals surface area contributed by atoms with Crippen molar-refractivity contribution >= 4 is 11.3 Å². The van der Waals surface area contributed by atoms with Crippen molar-refractivity contribution in [3.05, 3.63) is 16.6 Å². The summed E-state index contributed by atoms with van der Waals surface area (Å²) in [6.45, 7) is 11.3. The summed E-state index contributed by atoms with van der Waals surface area (Å²) in [5.41, 5.74) is 0.0672. The quantitative estimate of drug-likeness (QED) is 0.789. The molecule has 1 aromatic rings. The fraction of sp³-hybridized carbons (Fsp3) is 0.786. The Balaban J connectivity index is 2.96. The summed E-state index contributed by atoms with van der Waals surface area (Å²) in [5.74, 6) is 0.727. The molecule has 98 valence electrons. The van der Waals surface area contributed by atoms with Crippen LogP contribution in [0.4, 0.5) is 0 Å². The van der Waals surface area contributed by atoms with E-state index in [2.05, 4.69) is 50.3 Å². The second-order valence-corrected chi connectivity index (χ2v) is 6.18. The number of hydrogen-bond donors (Lipinski definition) is 1. The molecule has 0 aliphatic carbocycles. The van der Waals surface area contributed by atoms with Crippen LogP contribution in [0.1, 0.15) is 58.9 Å². The van der Waals surface area contributed by atoms with Gasteiger partial charge in [0.15, 0.2) is 0 Å². The van der Waals surface area contributed by atoms with E-state index in [4.69, 9.17) is 0 Å². The van der Waals surface area contributed by atoms with Gasteiger partial charge in [0.25, 0.3) is 0 Å². The van der Waals surface area contributed by atoms with Gasteiger partial charge in [-0.25, -0.2) is 4.98 Å².